The van der Waals surface area contributed by atoms with E-state index in [9.17, 15) is 0 Å². The minimum atomic E-state index is -0.842. The van der Waals surface area contributed by atoms with Gasteiger partial charge < -0.3 is 26.1 Å². The second kappa shape index (κ2) is 9.47. The molecule has 0 amide bonds. The number of aliphatic hydroxyl groups is 2. The predicted octanol–water partition coefficient (Wildman–Crippen LogP) is 0.0596. The fourth-order valence-electron chi connectivity index (χ4n) is 1.06. The van der Waals surface area contributed by atoms with Gasteiger partial charge in [-0.3, -0.25) is 0 Å². The molecule has 0 saturated heterocycles. The molecule has 2 atom stereocenters. The normalized spacial score (nSPS) is 15.2. The van der Waals surface area contributed by atoms with Gasteiger partial charge in [0.05, 0.1) is 19.3 Å². The molecule has 0 aliphatic heterocycles. The van der Waals surface area contributed by atoms with Crippen molar-refractivity contribution in [3.63, 3.8) is 0 Å². The lowest BCUT2D eigenvalue weighted by molar-refractivity contribution is -0.0145. The molecule has 0 fully saturated rings. The SMILES string of the molecule is CCC(/C=C\C(=N)CCN)OCC(O)CO. The zero-order chi connectivity index (χ0) is 12.4. The van der Waals surface area contributed by atoms with E-state index in [0.717, 1.165) is 6.42 Å². The standard InChI is InChI=1S/C11H22N2O3/c1-2-11(16-8-10(15)7-14)4-3-9(13)5-6-12/h3-4,10-11,13-15H,2,5-8,12H2,1H3/b4-3-,13-9?. The molecule has 5 heteroatoms. The summed E-state index contributed by atoms with van der Waals surface area (Å²) >= 11 is 0. The van der Waals surface area contributed by atoms with Gasteiger partial charge in [0, 0.05) is 12.1 Å². The highest BCUT2D eigenvalue weighted by Gasteiger charge is 2.06. The lowest BCUT2D eigenvalue weighted by atomic mass is 10.2. The highest BCUT2D eigenvalue weighted by Crippen LogP contribution is 2.02. The molecule has 0 radical (unpaired) electrons. The van der Waals surface area contributed by atoms with E-state index >= 15 is 0 Å². The molecule has 0 heterocycles. The Morgan fingerprint density at radius 2 is 2.25 bits per heavy atom. The van der Waals surface area contributed by atoms with Gasteiger partial charge in [-0.05, 0) is 19.0 Å². The summed E-state index contributed by atoms with van der Waals surface area (Å²) in [6, 6.07) is 0. The minimum Gasteiger partial charge on any atom is -0.394 e. The van der Waals surface area contributed by atoms with Crippen LogP contribution in [0.4, 0.5) is 0 Å². The maximum absolute atomic E-state index is 9.11. The molecule has 0 bridgehead atoms. The zero-order valence-corrected chi connectivity index (χ0v) is 9.72. The Hall–Kier alpha value is -0.750. The number of allylic oxidation sites excluding steroid dienone is 1. The van der Waals surface area contributed by atoms with Crippen LogP contribution in [0.25, 0.3) is 0 Å². The molecule has 2 unspecified atom stereocenters. The van der Waals surface area contributed by atoms with Crippen molar-refractivity contribution in [2.75, 3.05) is 19.8 Å². The molecule has 0 aliphatic rings. The number of ether oxygens (including phenoxy) is 1. The Balaban J connectivity index is 3.94. The summed E-state index contributed by atoms with van der Waals surface area (Å²) in [4.78, 5) is 0. The molecule has 0 aliphatic carbocycles. The molecule has 0 aromatic rings. The molecular formula is C11H22N2O3. The van der Waals surface area contributed by atoms with Gasteiger partial charge in [0.15, 0.2) is 0 Å². The van der Waals surface area contributed by atoms with Gasteiger partial charge in [0.25, 0.3) is 0 Å². The lowest BCUT2D eigenvalue weighted by Crippen LogP contribution is -2.23. The van der Waals surface area contributed by atoms with Gasteiger partial charge in [0.1, 0.15) is 6.10 Å². The highest BCUT2D eigenvalue weighted by atomic mass is 16.5. The summed E-state index contributed by atoms with van der Waals surface area (Å²) in [6.45, 7) is 2.21. The number of nitrogens with two attached hydrogens (primary N) is 1. The van der Waals surface area contributed by atoms with Crippen molar-refractivity contribution in [3.05, 3.63) is 12.2 Å². The first-order chi connectivity index (χ1) is 7.63. The van der Waals surface area contributed by atoms with Crippen molar-refractivity contribution in [1.29, 1.82) is 5.41 Å². The van der Waals surface area contributed by atoms with Crippen molar-refractivity contribution in [2.45, 2.75) is 32.0 Å². The third-order valence-corrected chi connectivity index (χ3v) is 2.04. The average Bonchev–Trinajstić information content (AvgIpc) is 2.29. The number of hydrogen-bond acceptors (Lipinski definition) is 5. The molecule has 5 nitrogen and oxygen atoms in total. The molecule has 0 rings (SSSR count). The molecule has 0 spiro atoms. The molecular weight excluding hydrogens is 208 g/mol. The van der Waals surface area contributed by atoms with E-state index in [1.165, 1.54) is 0 Å². The Morgan fingerprint density at radius 1 is 1.56 bits per heavy atom. The Bertz CT molecular complexity index is 219. The maximum atomic E-state index is 9.11. The van der Waals surface area contributed by atoms with Crippen LogP contribution in [-0.2, 0) is 4.74 Å². The van der Waals surface area contributed by atoms with Crippen molar-refractivity contribution < 1.29 is 14.9 Å². The van der Waals surface area contributed by atoms with E-state index in [0.29, 0.717) is 18.7 Å². The third kappa shape index (κ3) is 7.53. The Kier molecular flexibility index (Phi) is 9.03. The van der Waals surface area contributed by atoms with E-state index in [1.54, 1.807) is 12.2 Å². The van der Waals surface area contributed by atoms with Crippen LogP contribution >= 0.6 is 0 Å². The largest absolute Gasteiger partial charge is 0.394 e. The number of nitrogens with one attached hydrogen (secondary N) is 1. The average molecular weight is 230 g/mol. The molecule has 94 valence electrons. The number of rotatable bonds is 9. The lowest BCUT2D eigenvalue weighted by Gasteiger charge is -2.14. The fourth-order valence-corrected chi connectivity index (χ4v) is 1.06. The third-order valence-electron chi connectivity index (χ3n) is 2.04. The van der Waals surface area contributed by atoms with Crippen LogP contribution in [0.3, 0.4) is 0 Å². The Labute approximate surface area is 96.4 Å². The van der Waals surface area contributed by atoms with Gasteiger partial charge in [-0.2, -0.15) is 0 Å². The van der Waals surface area contributed by atoms with Crippen LogP contribution in [0.1, 0.15) is 19.8 Å². The molecule has 5 N–H and O–H groups in total. The Morgan fingerprint density at radius 3 is 2.75 bits per heavy atom. The van der Waals surface area contributed by atoms with E-state index in [1.807, 2.05) is 6.92 Å². The first-order valence-corrected chi connectivity index (χ1v) is 5.50. The summed E-state index contributed by atoms with van der Waals surface area (Å²) in [5.74, 6) is 0. The number of hydrogen-bond donors (Lipinski definition) is 4. The zero-order valence-electron chi connectivity index (χ0n) is 9.72. The van der Waals surface area contributed by atoms with Gasteiger partial charge in [-0.1, -0.05) is 13.0 Å². The van der Waals surface area contributed by atoms with Crippen molar-refractivity contribution in [2.24, 2.45) is 5.73 Å². The van der Waals surface area contributed by atoms with Crippen LogP contribution in [0.2, 0.25) is 0 Å². The number of aliphatic hydroxyl groups excluding tert-OH is 2. The van der Waals surface area contributed by atoms with E-state index in [4.69, 9.17) is 26.1 Å². The van der Waals surface area contributed by atoms with E-state index in [2.05, 4.69) is 0 Å². The van der Waals surface area contributed by atoms with Crippen LogP contribution in [0.5, 0.6) is 0 Å². The summed E-state index contributed by atoms with van der Waals surface area (Å²) in [6.07, 6.45) is 3.77. The van der Waals surface area contributed by atoms with Gasteiger partial charge >= 0.3 is 0 Å². The van der Waals surface area contributed by atoms with Gasteiger partial charge in [-0.15, -0.1) is 0 Å². The first-order valence-electron chi connectivity index (χ1n) is 5.50. The first kappa shape index (κ1) is 15.2. The smallest absolute Gasteiger partial charge is 0.100 e. The predicted molar refractivity (Wildman–Crippen MR) is 63.7 cm³/mol. The van der Waals surface area contributed by atoms with Crippen LogP contribution in [0, 0.1) is 5.41 Å². The summed E-state index contributed by atoms with van der Waals surface area (Å²) < 4.78 is 5.35. The maximum Gasteiger partial charge on any atom is 0.100 e. The summed E-state index contributed by atoms with van der Waals surface area (Å²) in [5.41, 5.74) is 5.78. The van der Waals surface area contributed by atoms with Crippen LogP contribution in [-0.4, -0.2) is 47.9 Å². The second-order valence-electron chi connectivity index (χ2n) is 3.54. The van der Waals surface area contributed by atoms with E-state index in [-0.39, 0.29) is 19.3 Å². The van der Waals surface area contributed by atoms with Crippen molar-refractivity contribution in [3.8, 4) is 0 Å². The summed E-state index contributed by atoms with van der Waals surface area (Å²) in [5, 5.41) is 25.2. The van der Waals surface area contributed by atoms with Crippen molar-refractivity contribution in [1.82, 2.24) is 0 Å². The van der Waals surface area contributed by atoms with Crippen LogP contribution in [0.15, 0.2) is 12.2 Å². The monoisotopic (exact) mass is 230 g/mol. The minimum absolute atomic E-state index is 0.101. The van der Waals surface area contributed by atoms with Crippen LogP contribution < -0.4 is 5.73 Å². The van der Waals surface area contributed by atoms with Gasteiger partial charge in [0.2, 0.25) is 0 Å². The van der Waals surface area contributed by atoms with Crippen molar-refractivity contribution >= 4 is 5.71 Å². The molecule has 0 aromatic carbocycles. The molecule has 0 aromatic heterocycles. The molecule has 16 heavy (non-hydrogen) atoms. The van der Waals surface area contributed by atoms with Gasteiger partial charge in [-0.25, -0.2) is 0 Å². The highest BCUT2D eigenvalue weighted by molar-refractivity contribution is 5.92. The van der Waals surface area contributed by atoms with E-state index < -0.39 is 6.10 Å². The topological polar surface area (TPSA) is 99.6 Å². The summed E-state index contributed by atoms with van der Waals surface area (Å²) in [7, 11) is 0. The molecule has 0 saturated carbocycles. The fraction of sp³-hybridized carbons (Fsp3) is 0.727. The second-order valence-corrected chi connectivity index (χ2v) is 3.54. The quantitative estimate of drug-likeness (QED) is 0.421.